The summed E-state index contributed by atoms with van der Waals surface area (Å²) in [4.78, 5) is 0. The molecule has 0 aromatic rings. The predicted molar refractivity (Wildman–Crippen MR) is 63.8 cm³/mol. The van der Waals surface area contributed by atoms with Crippen molar-refractivity contribution in [3.63, 3.8) is 0 Å². The molecule has 0 aromatic heterocycles. The smallest absolute Gasteiger partial charge is 0.147 e. The summed E-state index contributed by atoms with van der Waals surface area (Å²) in [7, 11) is 0. The van der Waals surface area contributed by atoms with Crippen LogP contribution >= 0.6 is 24.8 Å². The fourth-order valence-corrected chi connectivity index (χ4v) is 2.97. The van der Waals surface area contributed by atoms with Gasteiger partial charge in [0.2, 0.25) is 0 Å². The van der Waals surface area contributed by atoms with Crippen molar-refractivity contribution in [2.75, 3.05) is 0 Å². The molecule has 0 spiro atoms. The third kappa shape index (κ3) is 4.21. The van der Waals surface area contributed by atoms with Crippen LogP contribution in [0.4, 0.5) is 0 Å². The molecule has 1 aliphatic rings. The van der Waals surface area contributed by atoms with Crippen molar-refractivity contribution in [1.82, 2.24) is 0 Å². The fourth-order valence-electron chi connectivity index (χ4n) is 1.53. The third-order valence-corrected chi connectivity index (χ3v) is 3.61. The van der Waals surface area contributed by atoms with E-state index in [9.17, 15) is 0 Å². The minimum Gasteiger partial charge on any atom is -0.147 e. The first-order chi connectivity index (χ1) is 5.52. The van der Waals surface area contributed by atoms with Crippen LogP contribution in [0.25, 0.3) is 0 Å². The molecule has 0 saturated carbocycles. The number of rotatable bonds is 2. The van der Waals surface area contributed by atoms with Crippen LogP contribution in [0.3, 0.4) is 0 Å². The average Bonchev–Trinajstić information content (AvgIpc) is 2.30. The van der Waals surface area contributed by atoms with Crippen LogP contribution in [0.2, 0.25) is 0 Å². The second-order valence-electron chi connectivity index (χ2n) is 4.19. The predicted octanol–water partition coefficient (Wildman–Crippen LogP) is 4.13. The maximum atomic E-state index is 2.46. The maximum Gasteiger partial charge on any atom is -0.147 e. The van der Waals surface area contributed by atoms with Crippen molar-refractivity contribution in [3.05, 3.63) is 21.0 Å². The van der Waals surface area contributed by atoms with Gasteiger partial charge in [-0.2, -0.15) is 0 Å². The summed E-state index contributed by atoms with van der Waals surface area (Å²) in [5.41, 5.74) is 1.54. The SMILES string of the molecule is CC(C)C1=CC(C(C)C)[C]([Zr])=C1.Cl.Cl. The normalized spacial score (nSPS) is 19.9. The maximum absolute atomic E-state index is 2.46. The Kier molecular flexibility index (Phi) is 8.99. The molecule has 0 aromatic carbocycles. The molecule has 14 heavy (non-hydrogen) atoms. The van der Waals surface area contributed by atoms with Crippen molar-refractivity contribution >= 4 is 24.8 Å². The number of halogens is 2. The molecule has 0 N–H and O–H groups in total. The van der Waals surface area contributed by atoms with Crippen LogP contribution in [0.15, 0.2) is 21.0 Å². The zero-order valence-corrected chi connectivity index (χ0v) is 13.3. The van der Waals surface area contributed by atoms with Crippen LogP contribution in [0.5, 0.6) is 0 Å². The molecule has 1 unspecified atom stereocenters. The summed E-state index contributed by atoms with van der Waals surface area (Å²) in [5, 5.41) is 0. The van der Waals surface area contributed by atoms with Gasteiger partial charge in [-0.1, -0.05) is 0 Å². The summed E-state index contributed by atoms with van der Waals surface area (Å²) in [6.07, 6.45) is 4.85. The van der Waals surface area contributed by atoms with E-state index in [1.54, 1.807) is 33.6 Å². The van der Waals surface area contributed by atoms with Crippen molar-refractivity contribution < 1.29 is 24.7 Å². The molecule has 1 rings (SSSR count). The van der Waals surface area contributed by atoms with E-state index in [0.29, 0.717) is 5.92 Å². The van der Waals surface area contributed by atoms with Crippen molar-refractivity contribution in [3.8, 4) is 0 Å². The summed E-state index contributed by atoms with van der Waals surface area (Å²) >= 11 is 1.59. The largest absolute Gasteiger partial charge is 0.147 e. The molecular weight excluding hydrogens is 294 g/mol. The van der Waals surface area contributed by atoms with E-state index in [1.165, 1.54) is 0 Å². The van der Waals surface area contributed by atoms with Gasteiger partial charge in [0, 0.05) is 0 Å². The molecule has 0 aliphatic heterocycles. The van der Waals surface area contributed by atoms with Gasteiger partial charge in [0.05, 0.1) is 0 Å². The molecule has 1 aliphatic carbocycles. The van der Waals surface area contributed by atoms with Gasteiger partial charge in [-0.05, 0) is 0 Å². The molecule has 0 fully saturated rings. The molecule has 0 amide bonds. The molecule has 1 atom stereocenters. The van der Waals surface area contributed by atoms with E-state index in [4.69, 9.17) is 0 Å². The average molecular weight is 313 g/mol. The first-order valence-corrected chi connectivity index (χ1v) is 5.90. The summed E-state index contributed by atoms with van der Waals surface area (Å²) in [6.45, 7) is 9.16. The van der Waals surface area contributed by atoms with Crippen LogP contribution < -0.4 is 0 Å². The number of hydrogen-bond acceptors (Lipinski definition) is 0. The van der Waals surface area contributed by atoms with Gasteiger partial charge in [0.25, 0.3) is 0 Å². The van der Waals surface area contributed by atoms with E-state index in [1.807, 2.05) is 0 Å². The molecule has 0 heterocycles. The van der Waals surface area contributed by atoms with Crippen molar-refractivity contribution in [1.29, 1.82) is 0 Å². The molecule has 0 bridgehead atoms. The Morgan fingerprint density at radius 2 is 1.64 bits per heavy atom. The first kappa shape index (κ1) is 17.3. The van der Waals surface area contributed by atoms with Gasteiger partial charge >= 0.3 is 91.2 Å². The van der Waals surface area contributed by atoms with Gasteiger partial charge in [-0.25, -0.2) is 0 Å². The molecule has 0 radical (unpaired) electrons. The standard InChI is InChI=1S/C11H17.2ClH.Zr/c1-8(2)10-5-6-11(7-10)9(3)4;;;/h5,7-9,11H,1-4H3;2*1H;. The molecule has 0 saturated heterocycles. The van der Waals surface area contributed by atoms with Crippen molar-refractivity contribution in [2.24, 2.45) is 17.8 Å². The van der Waals surface area contributed by atoms with Gasteiger partial charge < -0.3 is 0 Å². The summed E-state index contributed by atoms with van der Waals surface area (Å²) < 4.78 is 1.63. The molecule has 81 valence electrons. The van der Waals surface area contributed by atoms with E-state index in [2.05, 4.69) is 39.8 Å². The topological polar surface area (TPSA) is 0 Å². The van der Waals surface area contributed by atoms with Gasteiger partial charge in [0.15, 0.2) is 0 Å². The molecule has 3 heteroatoms. The van der Waals surface area contributed by atoms with E-state index < -0.39 is 0 Å². The molecular formula is C11H19Cl2Zr. The Labute approximate surface area is 115 Å². The monoisotopic (exact) mass is 311 g/mol. The summed E-state index contributed by atoms with van der Waals surface area (Å²) in [6, 6.07) is 0. The van der Waals surface area contributed by atoms with Crippen molar-refractivity contribution in [2.45, 2.75) is 27.7 Å². The van der Waals surface area contributed by atoms with Crippen LogP contribution in [0.1, 0.15) is 27.7 Å². The Bertz CT molecular complexity index is 229. The zero-order valence-electron chi connectivity index (χ0n) is 9.20. The van der Waals surface area contributed by atoms with Gasteiger partial charge in [-0.15, -0.1) is 24.8 Å². The second-order valence-corrected chi connectivity index (χ2v) is 5.61. The Balaban J connectivity index is 0. The zero-order chi connectivity index (χ0) is 9.30. The van der Waals surface area contributed by atoms with Gasteiger partial charge in [0.1, 0.15) is 0 Å². The second kappa shape index (κ2) is 7.26. The van der Waals surface area contributed by atoms with Crippen LogP contribution in [-0.4, -0.2) is 0 Å². The van der Waals surface area contributed by atoms with E-state index in [0.717, 1.165) is 11.8 Å². The summed E-state index contributed by atoms with van der Waals surface area (Å²) in [5.74, 6) is 2.21. The minimum absolute atomic E-state index is 0. The Morgan fingerprint density at radius 3 is 1.86 bits per heavy atom. The Morgan fingerprint density at radius 1 is 1.14 bits per heavy atom. The van der Waals surface area contributed by atoms with Crippen LogP contribution in [0, 0.1) is 17.8 Å². The number of allylic oxidation sites excluding steroid dienone is 4. The quantitative estimate of drug-likeness (QED) is 0.719. The third-order valence-electron chi connectivity index (χ3n) is 2.44. The van der Waals surface area contributed by atoms with E-state index >= 15 is 0 Å². The molecule has 0 nitrogen and oxygen atoms in total. The minimum atomic E-state index is 0. The van der Waals surface area contributed by atoms with E-state index in [-0.39, 0.29) is 24.8 Å². The number of hydrogen-bond donors (Lipinski definition) is 0. The Hall–Kier alpha value is 0.943. The fraction of sp³-hybridized carbons (Fsp3) is 0.636. The van der Waals surface area contributed by atoms with Crippen LogP contribution in [-0.2, 0) is 24.7 Å². The van der Waals surface area contributed by atoms with Gasteiger partial charge in [-0.3, -0.25) is 0 Å². The first-order valence-electron chi connectivity index (χ1n) is 4.67.